The highest BCUT2D eigenvalue weighted by molar-refractivity contribution is 7.22. The Balaban J connectivity index is 2.09. The molecular formula is C14H9NO3S. The van der Waals surface area contributed by atoms with Crippen LogP contribution in [0.5, 0.6) is 5.75 Å². The molecular weight excluding hydrogens is 262 g/mol. The molecule has 0 radical (unpaired) electrons. The van der Waals surface area contributed by atoms with Crippen molar-refractivity contribution in [2.24, 2.45) is 0 Å². The van der Waals surface area contributed by atoms with Crippen molar-refractivity contribution in [3.05, 3.63) is 48.2 Å². The van der Waals surface area contributed by atoms with E-state index < -0.39 is 5.97 Å². The fourth-order valence-electron chi connectivity index (χ4n) is 1.84. The normalized spacial score (nSPS) is 10.7. The minimum atomic E-state index is -0.993. The largest absolute Gasteiger partial charge is 0.506 e. The highest BCUT2D eigenvalue weighted by Crippen LogP contribution is 2.37. The minimum absolute atomic E-state index is 0.160. The van der Waals surface area contributed by atoms with Crippen LogP contribution >= 0.6 is 11.3 Å². The first-order valence-corrected chi connectivity index (χ1v) is 6.38. The smallest absolute Gasteiger partial charge is 0.337 e. The van der Waals surface area contributed by atoms with Gasteiger partial charge in [-0.1, -0.05) is 12.1 Å². The van der Waals surface area contributed by atoms with Gasteiger partial charge in [0.2, 0.25) is 0 Å². The van der Waals surface area contributed by atoms with E-state index in [4.69, 9.17) is 5.11 Å². The summed E-state index contributed by atoms with van der Waals surface area (Å²) in [5.41, 5.74) is 0.860. The number of benzene rings is 1. The van der Waals surface area contributed by atoms with Crippen molar-refractivity contribution in [2.75, 3.05) is 0 Å². The number of phenols is 1. The molecule has 0 fully saturated rings. The summed E-state index contributed by atoms with van der Waals surface area (Å²) in [4.78, 5) is 15.8. The van der Waals surface area contributed by atoms with Gasteiger partial charge in [0.1, 0.15) is 5.75 Å². The SMILES string of the molecule is O=C(O)c1ccc(-c2cc3cccc(O)c3s2)nc1. The lowest BCUT2D eigenvalue weighted by Crippen LogP contribution is -1.96. The molecule has 0 unspecified atom stereocenters. The van der Waals surface area contributed by atoms with E-state index in [1.165, 1.54) is 23.6 Å². The third kappa shape index (κ3) is 2.04. The van der Waals surface area contributed by atoms with Crippen molar-refractivity contribution in [2.45, 2.75) is 0 Å². The van der Waals surface area contributed by atoms with Gasteiger partial charge in [-0.25, -0.2) is 4.79 Å². The first-order chi connectivity index (χ1) is 9.15. The highest BCUT2D eigenvalue weighted by Gasteiger charge is 2.09. The maximum absolute atomic E-state index is 10.8. The Labute approximate surface area is 112 Å². The number of phenolic OH excluding ortho intramolecular Hbond substituents is 1. The third-order valence-electron chi connectivity index (χ3n) is 2.79. The number of hydrogen-bond donors (Lipinski definition) is 2. The average Bonchev–Trinajstić information content (AvgIpc) is 2.84. The van der Waals surface area contributed by atoms with Crippen molar-refractivity contribution in [1.29, 1.82) is 0 Å². The lowest BCUT2D eigenvalue weighted by atomic mass is 10.2. The summed E-state index contributed by atoms with van der Waals surface area (Å²) in [6, 6.07) is 10.5. The summed E-state index contributed by atoms with van der Waals surface area (Å²) in [5.74, 6) is -0.746. The summed E-state index contributed by atoms with van der Waals surface area (Å²) in [7, 11) is 0. The lowest BCUT2D eigenvalue weighted by Gasteiger charge is -1.97. The number of aromatic nitrogens is 1. The molecule has 2 aromatic heterocycles. The van der Waals surface area contributed by atoms with Gasteiger partial charge in [-0.2, -0.15) is 0 Å². The van der Waals surface area contributed by atoms with E-state index in [1.54, 1.807) is 18.2 Å². The number of aromatic carboxylic acids is 1. The van der Waals surface area contributed by atoms with Gasteiger partial charge < -0.3 is 10.2 Å². The van der Waals surface area contributed by atoms with Gasteiger partial charge in [0.25, 0.3) is 0 Å². The van der Waals surface area contributed by atoms with Crippen LogP contribution in [-0.2, 0) is 0 Å². The molecule has 94 valence electrons. The quantitative estimate of drug-likeness (QED) is 0.749. The van der Waals surface area contributed by atoms with E-state index in [0.29, 0.717) is 5.69 Å². The van der Waals surface area contributed by atoms with Gasteiger partial charge in [-0.15, -0.1) is 11.3 Å². The second-order valence-corrected chi connectivity index (χ2v) is 5.10. The van der Waals surface area contributed by atoms with E-state index in [-0.39, 0.29) is 11.3 Å². The highest BCUT2D eigenvalue weighted by atomic mass is 32.1. The van der Waals surface area contributed by atoms with Crippen molar-refractivity contribution in [1.82, 2.24) is 4.98 Å². The predicted molar refractivity (Wildman–Crippen MR) is 73.7 cm³/mol. The number of hydrogen-bond acceptors (Lipinski definition) is 4. The minimum Gasteiger partial charge on any atom is -0.506 e. The van der Waals surface area contributed by atoms with Crippen LogP contribution < -0.4 is 0 Å². The maximum atomic E-state index is 10.8. The Kier molecular flexibility index (Phi) is 2.68. The number of nitrogens with zero attached hydrogens (tertiary/aromatic N) is 1. The van der Waals surface area contributed by atoms with Gasteiger partial charge in [0.15, 0.2) is 0 Å². The molecule has 3 aromatic rings. The molecule has 0 aliphatic heterocycles. The van der Waals surface area contributed by atoms with Crippen molar-refractivity contribution in [3.63, 3.8) is 0 Å². The molecule has 5 heteroatoms. The summed E-state index contributed by atoms with van der Waals surface area (Å²) < 4.78 is 0.807. The fourth-order valence-corrected chi connectivity index (χ4v) is 2.89. The monoisotopic (exact) mass is 271 g/mol. The zero-order valence-electron chi connectivity index (χ0n) is 9.70. The van der Waals surface area contributed by atoms with Gasteiger partial charge >= 0.3 is 5.97 Å². The first-order valence-electron chi connectivity index (χ1n) is 5.56. The van der Waals surface area contributed by atoms with Crippen LogP contribution in [0.25, 0.3) is 20.7 Å². The summed E-state index contributed by atoms with van der Waals surface area (Å²) >= 11 is 1.43. The zero-order valence-corrected chi connectivity index (χ0v) is 10.5. The standard InChI is InChI=1S/C14H9NO3S/c16-11-3-1-2-8-6-12(19-13(8)11)10-5-4-9(7-15-10)14(17)18/h1-7,16H,(H,17,18). The van der Waals surface area contributed by atoms with E-state index in [1.807, 2.05) is 12.1 Å². The topological polar surface area (TPSA) is 70.4 Å². The molecule has 2 N–H and O–H groups in total. The summed E-state index contributed by atoms with van der Waals surface area (Å²) in [5, 5.41) is 19.5. The van der Waals surface area contributed by atoms with Crippen molar-refractivity contribution >= 4 is 27.4 Å². The Morgan fingerprint density at radius 3 is 2.68 bits per heavy atom. The number of carboxylic acids is 1. The second-order valence-electron chi connectivity index (χ2n) is 4.04. The van der Waals surface area contributed by atoms with Gasteiger partial charge in [0.05, 0.1) is 20.8 Å². The number of carbonyl (C=O) groups is 1. The molecule has 0 bridgehead atoms. The molecule has 4 nitrogen and oxygen atoms in total. The molecule has 1 aromatic carbocycles. The van der Waals surface area contributed by atoms with Crippen LogP contribution in [0.1, 0.15) is 10.4 Å². The van der Waals surface area contributed by atoms with Gasteiger partial charge in [-0.05, 0) is 29.7 Å². The summed E-state index contributed by atoms with van der Waals surface area (Å²) in [6.07, 6.45) is 1.34. The number of aromatic hydroxyl groups is 1. The van der Waals surface area contributed by atoms with Crippen LogP contribution in [0, 0.1) is 0 Å². The van der Waals surface area contributed by atoms with Crippen LogP contribution in [0.2, 0.25) is 0 Å². The maximum Gasteiger partial charge on any atom is 0.337 e. The second kappa shape index (κ2) is 4.37. The number of thiophene rings is 1. The van der Waals surface area contributed by atoms with Crippen molar-refractivity contribution in [3.8, 4) is 16.3 Å². The molecule has 3 rings (SSSR count). The van der Waals surface area contributed by atoms with Crippen LogP contribution in [0.3, 0.4) is 0 Å². The van der Waals surface area contributed by atoms with Crippen LogP contribution in [-0.4, -0.2) is 21.2 Å². The summed E-state index contributed by atoms with van der Waals surface area (Å²) in [6.45, 7) is 0. The lowest BCUT2D eigenvalue weighted by molar-refractivity contribution is 0.0696. The van der Waals surface area contributed by atoms with Crippen molar-refractivity contribution < 1.29 is 15.0 Å². The predicted octanol–water partition coefficient (Wildman–Crippen LogP) is 3.37. The average molecular weight is 271 g/mol. The van der Waals surface area contributed by atoms with E-state index in [2.05, 4.69) is 4.98 Å². The molecule has 0 saturated heterocycles. The first kappa shape index (κ1) is 11.7. The fraction of sp³-hybridized carbons (Fsp3) is 0. The van der Waals surface area contributed by atoms with Crippen LogP contribution in [0.15, 0.2) is 42.6 Å². The molecule has 0 atom stereocenters. The number of rotatable bonds is 2. The molecule has 0 aliphatic rings. The molecule has 0 saturated carbocycles. The van der Waals surface area contributed by atoms with E-state index in [9.17, 15) is 9.90 Å². The molecule has 0 amide bonds. The molecule has 19 heavy (non-hydrogen) atoms. The Morgan fingerprint density at radius 2 is 2.05 bits per heavy atom. The zero-order chi connectivity index (χ0) is 13.4. The Hall–Kier alpha value is -2.40. The van der Waals surface area contributed by atoms with Crippen LogP contribution in [0.4, 0.5) is 0 Å². The molecule has 0 spiro atoms. The number of pyridine rings is 1. The Morgan fingerprint density at radius 1 is 1.21 bits per heavy atom. The van der Waals surface area contributed by atoms with Gasteiger partial charge in [-0.3, -0.25) is 4.98 Å². The van der Waals surface area contributed by atoms with Gasteiger partial charge in [0, 0.05) is 6.20 Å². The van der Waals surface area contributed by atoms with E-state index in [0.717, 1.165) is 15.0 Å². The Bertz CT molecular complexity index is 762. The number of fused-ring (bicyclic) bond motifs is 1. The molecule has 2 heterocycles. The number of carboxylic acid groups (broad SMARTS) is 1. The third-order valence-corrected chi connectivity index (χ3v) is 3.98. The molecule has 0 aliphatic carbocycles. The van der Waals surface area contributed by atoms with E-state index >= 15 is 0 Å².